The molecule has 0 radical (unpaired) electrons. The maximum Gasteiger partial charge on any atom is 0.309 e. The van der Waals surface area contributed by atoms with E-state index < -0.39 is 17.4 Å². The quantitative estimate of drug-likeness (QED) is 0.0597. The highest BCUT2D eigenvalue weighted by molar-refractivity contribution is 5.74. The summed E-state index contributed by atoms with van der Waals surface area (Å²) in [6.07, 6.45) is 71.0. The van der Waals surface area contributed by atoms with E-state index in [1.807, 2.05) is 0 Å². The minimum absolute atomic E-state index is 0.322. The Hall–Kier alpha value is -1.06. The number of rotatable bonds is 57. The van der Waals surface area contributed by atoms with Crippen molar-refractivity contribution in [2.45, 2.75) is 367 Å². The van der Waals surface area contributed by atoms with Crippen LogP contribution in [0.4, 0.5) is 0 Å². The fraction of sp³-hybridized carbons (Fsp3) is 0.967. The van der Waals surface area contributed by atoms with Crippen LogP contribution in [0.2, 0.25) is 0 Å². The Morgan fingerprint density at radius 1 is 0.250 bits per heavy atom. The van der Waals surface area contributed by atoms with Gasteiger partial charge in [-0.25, -0.2) is 0 Å². The molecular weight excluding hydrogens is 785 g/mol. The summed E-state index contributed by atoms with van der Waals surface area (Å²) in [5.41, 5.74) is -0.497. The first kappa shape index (κ1) is 62.9. The van der Waals surface area contributed by atoms with Crippen LogP contribution < -0.4 is 0 Å². The van der Waals surface area contributed by atoms with E-state index in [0.717, 1.165) is 51.4 Å². The van der Waals surface area contributed by atoms with Crippen molar-refractivity contribution >= 4 is 11.9 Å². The van der Waals surface area contributed by atoms with Gasteiger partial charge in [0.05, 0.1) is 5.41 Å². The van der Waals surface area contributed by atoms with E-state index in [4.69, 9.17) is 5.11 Å². The Bertz CT molecular complexity index is 875. The van der Waals surface area contributed by atoms with Crippen molar-refractivity contribution in [3.8, 4) is 0 Å². The fourth-order valence-corrected chi connectivity index (χ4v) is 10.5. The molecule has 0 fully saturated rings. The van der Waals surface area contributed by atoms with E-state index >= 15 is 0 Å². The Balaban J connectivity index is 4.31. The minimum atomic E-state index is -0.664. The first-order chi connectivity index (χ1) is 31.5. The molecule has 0 heterocycles. The fourth-order valence-electron chi connectivity index (χ4n) is 10.5. The monoisotopic (exact) mass is 903 g/mol. The highest BCUT2D eigenvalue weighted by Crippen LogP contribution is 2.38. The second-order valence-electron chi connectivity index (χ2n) is 21.3. The number of aliphatic carboxylic acids is 2. The summed E-state index contributed by atoms with van der Waals surface area (Å²) in [4.78, 5) is 23.7. The normalized spacial score (nSPS) is 11.8. The van der Waals surface area contributed by atoms with Crippen molar-refractivity contribution < 1.29 is 19.8 Å². The maximum absolute atomic E-state index is 13.0. The van der Waals surface area contributed by atoms with Crippen LogP contribution in [-0.4, -0.2) is 22.2 Å². The molecule has 2 N–H and O–H groups in total. The van der Waals surface area contributed by atoms with Gasteiger partial charge in [-0.3, -0.25) is 9.59 Å². The summed E-state index contributed by atoms with van der Waals surface area (Å²) in [6, 6.07) is 0. The Morgan fingerprint density at radius 3 is 0.562 bits per heavy atom. The van der Waals surface area contributed by atoms with Gasteiger partial charge in [-0.05, 0) is 25.7 Å². The smallest absolute Gasteiger partial charge is 0.309 e. The number of carbonyl (C=O) groups is 2. The zero-order chi connectivity index (χ0) is 46.5. The van der Waals surface area contributed by atoms with Gasteiger partial charge < -0.3 is 10.2 Å². The van der Waals surface area contributed by atoms with E-state index in [2.05, 4.69) is 13.8 Å². The molecule has 0 bridgehead atoms. The number of carboxylic acid groups (broad SMARTS) is 2. The number of hydrogen-bond acceptors (Lipinski definition) is 2. The van der Waals surface area contributed by atoms with Gasteiger partial charge in [0.2, 0.25) is 0 Å². The summed E-state index contributed by atoms with van der Waals surface area (Å²) in [6.45, 7) is 4.60. The highest BCUT2D eigenvalue weighted by Gasteiger charge is 2.36. The molecule has 0 aromatic carbocycles. The second-order valence-corrected chi connectivity index (χ2v) is 21.3. The molecule has 382 valence electrons. The average molecular weight is 904 g/mol. The molecule has 0 aromatic heterocycles. The lowest BCUT2D eigenvalue weighted by atomic mass is 9.74. The van der Waals surface area contributed by atoms with Gasteiger partial charge in [-0.2, -0.15) is 0 Å². The van der Waals surface area contributed by atoms with Crippen LogP contribution in [0.1, 0.15) is 367 Å². The Morgan fingerprint density at radius 2 is 0.406 bits per heavy atom. The van der Waals surface area contributed by atoms with Crippen molar-refractivity contribution in [1.82, 2.24) is 0 Å². The molecular formula is C60H118O4. The van der Waals surface area contributed by atoms with Gasteiger partial charge in [0.25, 0.3) is 0 Å². The number of hydrogen-bond donors (Lipinski definition) is 2. The van der Waals surface area contributed by atoms with Crippen molar-refractivity contribution in [1.29, 1.82) is 0 Å². The summed E-state index contributed by atoms with van der Waals surface area (Å²) < 4.78 is 0. The van der Waals surface area contributed by atoms with E-state index in [9.17, 15) is 14.7 Å². The lowest BCUT2D eigenvalue weighted by Crippen LogP contribution is -2.31. The molecule has 0 saturated carbocycles. The third kappa shape index (κ3) is 47.4. The third-order valence-corrected chi connectivity index (χ3v) is 15.0. The molecule has 4 heteroatoms. The zero-order valence-corrected chi connectivity index (χ0v) is 44.1. The van der Waals surface area contributed by atoms with Crippen LogP contribution in [0.3, 0.4) is 0 Å². The van der Waals surface area contributed by atoms with Gasteiger partial charge in [-0.15, -0.1) is 0 Å². The van der Waals surface area contributed by atoms with Gasteiger partial charge in [0.1, 0.15) is 0 Å². The predicted octanol–water partition coefficient (Wildman–Crippen LogP) is 21.6. The molecule has 4 nitrogen and oxygen atoms in total. The molecule has 0 aromatic rings. The molecule has 64 heavy (non-hydrogen) atoms. The summed E-state index contributed by atoms with van der Waals surface area (Å²) >= 11 is 0. The van der Waals surface area contributed by atoms with Crippen LogP contribution in [0.25, 0.3) is 0 Å². The zero-order valence-electron chi connectivity index (χ0n) is 44.1. The minimum Gasteiger partial charge on any atom is -0.481 e. The van der Waals surface area contributed by atoms with Crippen LogP contribution >= 0.6 is 0 Å². The first-order valence-corrected chi connectivity index (χ1v) is 29.9. The summed E-state index contributed by atoms with van der Waals surface area (Å²) in [5, 5.41) is 19.5. The van der Waals surface area contributed by atoms with Crippen LogP contribution in [0.5, 0.6) is 0 Å². The van der Waals surface area contributed by atoms with Gasteiger partial charge in [-0.1, -0.05) is 335 Å². The SMILES string of the molecule is CCCCCCCCCCCCCCCCCCCCC(CCCCCCCCCCCCCCCCCCCC)(CCCCCCCCCCCCCCCCCC(=O)O)C(=O)O. The maximum atomic E-state index is 13.0. The second kappa shape index (κ2) is 52.9. The summed E-state index contributed by atoms with van der Waals surface area (Å²) in [7, 11) is 0. The molecule has 0 spiro atoms. The third-order valence-electron chi connectivity index (χ3n) is 15.0. The highest BCUT2D eigenvalue weighted by atomic mass is 16.4. The molecule has 0 unspecified atom stereocenters. The molecule has 0 aliphatic heterocycles. The van der Waals surface area contributed by atoms with E-state index in [0.29, 0.717) is 6.42 Å². The van der Waals surface area contributed by atoms with Crippen LogP contribution in [0.15, 0.2) is 0 Å². The molecule has 0 atom stereocenters. The van der Waals surface area contributed by atoms with E-state index in [1.165, 1.54) is 295 Å². The molecule has 0 aliphatic rings. The largest absolute Gasteiger partial charge is 0.481 e. The Labute approximate surface area is 402 Å². The van der Waals surface area contributed by atoms with E-state index in [-0.39, 0.29) is 0 Å². The topological polar surface area (TPSA) is 74.6 Å². The molecule has 0 saturated heterocycles. The van der Waals surface area contributed by atoms with Gasteiger partial charge >= 0.3 is 11.9 Å². The number of carboxylic acids is 2. The lowest BCUT2D eigenvalue weighted by Gasteiger charge is -2.30. The van der Waals surface area contributed by atoms with Crippen molar-refractivity contribution in [3.63, 3.8) is 0 Å². The molecule has 0 aliphatic carbocycles. The van der Waals surface area contributed by atoms with E-state index in [1.54, 1.807) is 0 Å². The molecule has 0 rings (SSSR count). The number of unbranched alkanes of at least 4 members (excludes halogenated alkanes) is 48. The van der Waals surface area contributed by atoms with Crippen molar-refractivity contribution in [2.24, 2.45) is 5.41 Å². The lowest BCUT2D eigenvalue weighted by molar-refractivity contribution is -0.151. The summed E-state index contributed by atoms with van der Waals surface area (Å²) in [5.74, 6) is -1.16. The van der Waals surface area contributed by atoms with Crippen LogP contribution in [0, 0.1) is 5.41 Å². The standard InChI is InChI=1S/C60H118O4/c1-3-5-7-9-11-13-15-17-19-21-23-27-31-35-39-43-47-51-55-60(59(63)64,56-52-48-44-40-36-32-28-24-22-20-18-16-14-12-10-8-6-4-2)57-53-49-45-41-37-33-29-25-26-30-34-38-42-46-50-54-58(61)62/h3-57H2,1-2H3,(H,61,62)(H,63,64). The van der Waals surface area contributed by atoms with Crippen molar-refractivity contribution in [2.75, 3.05) is 0 Å². The van der Waals surface area contributed by atoms with Gasteiger partial charge in [0.15, 0.2) is 0 Å². The Kier molecular flexibility index (Phi) is 52.0. The predicted molar refractivity (Wildman–Crippen MR) is 283 cm³/mol. The average Bonchev–Trinajstić information content (AvgIpc) is 3.28. The van der Waals surface area contributed by atoms with Crippen molar-refractivity contribution in [3.05, 3.63) is 0 Å². The molecule has 0 amide bonds. The van der Waals surface area contributed by atoms with Gasteiger partial charge in [0, 0.05) is 6.42 Å². The first-order valence-electron chi connectivity index (χ1n) is 29.9. The van der Waals surface area contributed by atoms with Crippen LogP contribution in [-0.2, 0) is 9.59 Å².